The number of fused-ring (bicyclic) bond motifs is 1. The van der Waals surface area contributed by atoms with Crippen LogP contribution in [0.4, 0.5) is 4.39 Å². The van der Waals surface area contributed by atoms with Crippen molar-refractivity contribution in [2.45, 2.75) is 20.0 Å². The van der Waals surface area contributed by atoms with Gasteiger partial charge in [-0.2, -0.15) is 0 Å². The Morgan fingerprint density at radius 2 is 2.04 bits per heavy atom. The standard InChI is InChI=1S/C18H15FN2O3/c1-12-5-4-8-21-16(22)10-14(20-18(12)21)11-24-17(23)9-13-6-2-3-7-15(13)19/h2-8,10H,9,11H2,1H3. The molecule has 0 saturated carbocycles. The molecule has 0 saturated heterocycles. The van der Waals surface area contributed by atoms with Crippen molar-refractivity contribution in [2.75, 3.05) is 0 Å². The predicted molar refractivity (Wildman–Crippen MR) is 86.1 cm³/mol. The molecule has 0 aliphatic carbocycles. The van der Waals surface area contributed by atoms with Gasteiger partial charge in [-0.1, -0.05) is 24.3 Å². The largest absolute Gasteiger partial charge is 0.459 e. The first-order valence-corrected chi connectivity index (χ1v) is 7.41. The van der Waals surface area contributed by atoms with Crippen LogP contribution in [0.3, 0.4) is 0 Å². The van der Waals surface area contributed by atoms with Gasteiger partial charge in [0, 0.05) is 12.3 Å². The van der Waals surface area contributed by atoms with Crippen LogP contribution in [0.5, 0.6) is 0 Å². The Morgan fingerprint density at radius 1 is 1.25 bits per heavy atom. The van der Waals surface area contributed by atoms with Crippen molar-refractivity contribution in [3.8, 4) is 0 Å². The van der Waals surface area contributed by atoms with E-state index in [9.17, 15) is 14.0 Å². The van der Waals surface area contributed by atoms with Gasteiger partial charge in [0.15, 0.2) is 0 Å². The van der Waals surface area contributed by atoms with Gasteiger partial charge in [0.2, 0.25) is 0 Å². The van der Waals surface area contributed by atoms with Gasteiger partial charge in [-0.25, -0.2) is 9.37 Å². The molecule has 3 aromatic rings. The Bertz CT molecular complexity index is 966. The summed E-state index contributed by atoms with van der Waals surface area (Å²) in [7, 11) is 0. The van der Waals surface area contributed by atoms with Gasteiger partial charge in [0.25, 0.3) is 5.56 Å². The van der Waals surface area contributed by atoms with Gasteiger partial charge >= 0.3 is 5.97 Å². The van der Waals surface area contributed by atoms with Crippen molar-refractivity contribution in [3.05, 3.63) is 81.7 Å². The molecule has 0 unspecified atom stereocenters. The summed E-state index contributed by atoms with van der Waals surface area (Å²) in [5, 5.41) is 0. The predicted octanol–water partition coefficient (Wildman–Crippen LogP) is 2.43. The second-order valence-electron chi connectivity index (χ2n) is 5.40. The highest BCUT2D eigenvalue weighted by molar-refractivity contribution is 5.72. The van der Waals surface area contributed by atoms with E-state index >= 15 is 0 Å². The summed E-state index contributed by atoms with van der Waals surface area (Å²) in [5.74, 6) is -1.03. The molecule has 24 heavy (non-hydrogen) atoms. The molecule has 2 heterocycles. The molecule has 5 nitrogen and oxygen atoms in total. The molecule has 0 atom stereocenters. The Kier molecular flexibility index (Phi) is 4.37. The number of ether oxygens (including phenoxy) is 1. The minimum Gasteiger partial charge on any atom is -0.459 e. The Hall–Kier alpha value is -3.02. The van der Waals surface area contributed by atoms with E-state index in [1.54, 1.807) is 24.4 Å². The minimum absolute atomic E-state index is 0.132. The molecule has 6 heteroatoms. The van der Waals surface area contributed by atoms with Crippen LogP contribution in [-0.4, -0.2) is 15.4 Å². The van der Waals surface area contributed by atoms with Crippen molar-refractivity contribution in [2.24, 2.45) is 0 Å². The minimum atomic E-state index is -0.577. The topological polar surface area (TPSA) is 60.7 Å². The highest BCUT2D eigenvalue weighted by Crippen LogP contribution is 2.09. The lowest BCUT2D eigenvalue weighted by Gasteiger charge is -2.07. The average molecular weight is 326 g/mol. The van der Waals surface area contributed by atoms with Crippen LogP contribution in [0.25, 0.3) is 5.65 Å². The number of benzene rings is 1. The van der Waals surface area contributed by atoms with E-state index < -0.39 is 11.8 Å². The quantitative estimate of drug-likeness (QED) is 0.691. The highest BCUT2D eigenvalue weighted by atomic mass is 19.1. The van der Waals surface area contributed by atoms with E-state index in [1.807, 2.05) is 13.0 Å². The Balaban J connectivity index is 1.74. The van der Waals surface area contributed by atoms with Gasteiger partial charge in [-0.15, -0.1) is 0 Å². The van der Waals surface area contributed by atoms with Crippen molar-refractivity contribution in [1.29, 1.82) is 0 Å². The molecule has 0 bridgehead atoms. The zero-order valence-corrected chi connectivity index (χ0v) is 13.0. The summed E-state index contributed by atoms with van der Waals surface area (Å²) in [6.07, 6.45) is 1.46. The maximum atomic E-state index is 13.5. The van der Waals surface area contributed by atoms with Crippen LogP contribution >= 0.6 is 0 Å². The highest BCUT2D eigenvalue weighted by Gasteiger charge is 2.11. The number of nitrogens with zero attached hydrogens (tertiary/aromatic N) is 2. The van der Waals surface area contributed by atoms with Gasteiger partial charge in [-0.05, 0) is 30.2 Å². The van der Waals surface area contributed by atoms with E-state index in [2.05, 4.69) is 4.98 Å². The van der Waals surface area contributed by atoms with Crippen LogP contribution < -0.4 is 5.56 Å². The van der Waals surface area contributed by atoms with Crippen molar-refractivity contribution >= 4 is 11.6 Å². The molecule has 0 amide bonds. The van der Waals surface area contributed by atoms with Crippen LogP contribution in [0.15, 0.2) is 53.5 Å². The van der Waals surface area contributed by atoms with E-state index in [0.717, 1.165) is 5.56 Å². The fourth-order valence-corrected chi connectivity index (χ4v) is 2.39. The van der Waals surface area contributed by atoms with E-state index in [1.165, 1.54) is 22.6 Å². The van der Waals surface area contributed by atoms with Gasteiger partial charge in [0.1, 0.15) is 18.1 Å². The first-order valence-electron chi connectivity index (χ1n) is 7.41. The number of hydrogen-bond acceptors (Lipinski definition) is 4. The Morgan fingerprint density at radius 3 is 2.83 bits per heavy atom. The number of hydrogen-bond donors (Lipinski definition) is 0. The summed E-state index contributed by atoms with van der Waals surface area (Å²) in [6.45, 7) is 1.71. The molecule has 1 aromatic carbocycles. The third-order valence-electron chi connectivity index (χ3n) is 3.61. The zero-order valence-electron chi connectivity index (χ0n) is 13.0. The van der Waals surface area contributed by atoms with Crippen LogP contribution in [0.2, 0.25) is 0 Å². The number of carbonyl (C=O) groups is 1. The molecule has 0 N–H and O–H groups in total. The fraction of sp³-hybridized carbons (Fsp3) is 0.167. The third-order valence-corrected chi connectivity index (χ3v) is 3.61. The molecule has 0 aliphatic rings. The lowest BCUT2D eigenvalue weighted by atomic mass is 10.1. The van der Waals surface area contributed by atoms with Crippen molar-refractivity contribution in [3.63, 3.8) is 0 Å². The van der Waals surface area contributed by atoms with Gasteiger partial charge in [0.05, 0.1) is 12.1 Å². The summed E-state index contributed by atoms with van der Waals surface area (Å²) >= 11 is 0. The summed E-state index contributed by atoms with van der Waals surface area (Å²) in [5.41, 5.74) is 1.74. The van der Waals surface area contributed by atoms with Gasteiger partial charge < -0.3 is 4.74 Å². The molecule has 0 fully saturated rings. The monoisotopic (exact) mass is 326 g/mol. The number of aromatic nitrogens is 2. The number of rotatable bonds is 4. The van der Waals surface area contributed by atoms with Crippen molar-refractivity contribution in [1.82, 2.24) is 9.38 Å². The van der Waals surface area contributed by atoms with Crippen LogP contribution in [0.1, 0.15) is 16.8 Å². The number of aryl methyl sites for hydroxylation is 1. The molecule has 0 aliphatic heterocycles. The molecular weight excluding hydrogens is 311 g/mol. The number of carbonyl (C=O) groups excluding carboxylic acids is 1. The number of esters is 1. The van der Waals surface area contributed by atoms with Crippen LogP contribution in [-0.2, 0) is 22.6 Å². The molecule has 122 valence electrons. The second kappa shape index (κ2) is 6.62. The van der Waals surface area contributed by atoms with Crippen molar-refractivity contribution < 1.29 is 13.9 Å². The number of pyridine rings is 1. The molecule has 0 spiro atoms. The van der Waals surface area contributed by atoms with Gasteiger partial charge in [-0.3, -0.25) is 14.0 Å². The molecule has 3 rings (SSSR count). The van der Waals surface area contributed by atoms with E-state index in [0.29, 0.717) is 11.3 Å². The first kappa shape index (κ1) is 15.9. The number of halogens is 1. The average Bonchev–Trinajstić information content (AvgIpc) is 2.56. The smallest absolute Gasteiger partial charge is 0.310 e. The maximum Gasteiger partial charge on any atom is 0.310 e. The molecular formula is C18H15FN2O3. The maximum absolute atomic E-state index is 13.5. The third kappa shape index (κ3) is 3.32. The lowest BCUT2D eigenvalue weighted by molar-refractivity contribution is -0.144. The Labute approximate surface area is 137 Å². The van der Waals surface area contributed by atoms with Crippen LogP contribution in [0, 0.1) is 12.7 Å². The summed E-state index contributed by atoms with van der Waals surface area (Å²) in [6, 6.07) is 11.0. The second-order valence-corrected chi connectivity index (χ2v) is 5.40. The zero-order chi connectivity index (χ0) is 17.1. The summed E-state index contributed by atoms with van der Waals surface area (Å²) < 4.78 is 20.1. The molecule has 2 aromatic heterocycles. The van der Waals surface area contributed by atoms with E-state index in [4.69, 9.17) is 4.74 Å². The summed E-state index contributed by atoms with van der Waals surface area (Å²) in [4.78, 5) is 28.3. The van der Waals surface area contributed by atoms with E-state index in [-0.39, 0.29) is 24.2 Å². The SMILES string of the molecule is Cc1cccn2c(=O)cc(COC(=O)Cc3ccccc3F)nc12. The normalized spacial score (nSPS) is 10.8. The first-order chi connectivity index (χ1) is 11.5. The fourth-order valence-electron chi connectivity index (χ4n) is 2.39. The molecule has 0 radical (unpaired) electrons. The lowest BCUT2D eigenvalue weighted by Crippen LogP contribution is -2.17.